The number of nitrogens with one attached hydrogen (secondary N) is 1. The van der Waals surface area contributed by atoms with E-state index in [2.05, 4.69) is 10.2 Å². The molecule has 1 atom stereocenters. The number of amides is 1. The maximum Gasteiger partial charge on any atom is 0.335 e. The number of likely N-dealkylation sites (tertiary alicyclic amines) is 1. The molecule has 2 N–H and O–H groups in total. The summed E-state index contributed by atoms with van der Waals surface area (Å²) in [6, 6.07) is 6.26. The molecule has 0 saturated carbocycles. The smallest absolute Gasteiger partial charge is 0.335 e. The minimum Gasteiger partial charge on any atom is -0.492 e. The van der Waals surface area contributed by atoms with E-state index in [1.54, 1.807) is 12.1 Å². The highest BCUT2D eigenvalue weighted by Crippen LogP contribution is 2.15. The van der Waals surface area contributed by atoms with Crippen LogP contribution in [0.25, 0.3) is 0 Å². The molecule has 6 nitrogen and oxygen atoms in total. The van der Waals surface area contributed by atoms with Crippen LogP contribution < -0.4 is 10.1 Å². The maximum absolute atomic E-state index is 12.2. The van der Waals surface area contributed by atoms with Crippen LogP contribution in [0.4, 0.5) is 0 Å². The molecule has 0 spiro atoms. The van der Waals surface area contributed by atoms with Crippen molar-refractivity contribution in [1.82, 2.24) is 10.2 Å². The van der Waals surface area contributed by atoms with Crippen LogP contribution in [0.1, 0.15) is 36.0 Å². The van der Waals surface area contributed by atoms with Gasteiger partial charge in [-0.1, -0.05) is 18.9 Å². The van der Waals surface area contributed by atoms with Crippen LogP contribution in [-0.2, 0) is 4.79 Å². The summed E-state index contributed by atoms with van der Waals surface area (Å²) in [7, 11) is 1.99. The van der Waals surface area contributed by atoms with Gasteiger partial charge < -0.3 is 15.2 Å². The normalized spacial score (nSPS) is 18.9. The molecule has 23 heavy (non-hydrogen) atoms. The van der Waals surface area contributed by atoms with Gasteiger partial charge in [0.2, 0.25) is 5.91 Å². The third kappa shape index (κ3) is 5.25. The summed E-state index contributed by atoms with van der Waals surface area (Å²) in [5, 5.41) is 11.8. The highest BCUT2D eigenvalue weighted by atomic mass is 16.5. The molecule has 1 saturated heterocycles. The van der Waals surface area contributed by atoms with E-state index in [0.717, 1.165) is 25.8 Å². The van der Waals surface area contributed by atoms with Gasteiger partial charge in [-0.05, 0) is 44.6 Å². The fraction of sp³-hybridized carbons (Fsp3) is 0.529. The lowest BCUT2D eigenvalue weighted by Gasteiger charge is -2.24. The minimum absolute atomic E-state index is 0.0392. The number of benzene rings is 1. The molecule has 0 unspecified atom stereocenters. The topological polar surface area (TPSA) is 78.9 Å². The van der Waals surface area contributed by atoms with E-state index in [0.29, 0.717) is 18.9 Å². The highest BCUT2D eigenvalue weighted by Gasteiger charge is 2.24. The fourth-order valence-corrected chi connectivity index (χ4v) is 2.76. The van der Waals surface area contributed by atoms with Crippen molar-refractivity contribution in [3.05, 3.63) is 29.8 Å². The van der Waals surface area contributed by atoms with Crippen molar-refractivity contribution in [2.45, 2.75) is 31.7 Å². The summed E-state index contributed by atoms with van der Waals surface area (Å²) in [5.41, 5.74) is 0.187. The van der Waals surface area contributed by atoms with E-state index in [4.69, 9.17) is 9.84 Å². The lowest BCUT2D eigenvalue weighted by atomic mass is 10.1. The first-order chi connectivity index (χ1) is 11.1. The number of likely N-dealkylation sites (N-methyl/N-ethyl adjacent to an activating group) is 1. The van der Waals surface area contributed by atoms with Gasteiger partial charge in [-0.15, -0.1) is 0 Å². The molecule has 1 aliphatic rings. The number of carboxylic acid groups (broad SMARTS) is 1. The van der Waals surface area contributed by atoms with Gasteiger partial charge in [-0.25, -0.2) is 4.79 Å². The molecule has 0 aliphatic carbocycles. The average molecular weight is 320 g/mol. The first kappa shape index (κ1) is 17.3. The predicted molar refractivity (Wildman–Crippen MR) is 86.8 cm³/mol. The Kier molecular flexibility index (Phi) is 6.40. The van der Waals surface area contributed by atoms with Crippen LogP contribution in [-0.4, -0.2) is 54.7 Å². The molecule has 1 amide bonds. The number of ether oxygens (including phenoxy) is 1. The molecular formula is C17H24N2O4. The van der Waals surface area contributed by atoms with Crippen molar-refractivity contribution in [3.63, 3.8) is 0 Å². The van der Waals surface area contributed by atoms with Gasteiger partial charge in [0.1, 0.15) is 12.4 Å². The maximum atomic E-state index is 12.2. The van der Waals surface area contributed by atoms with E-state index in [-0.39, 0.29) is 17.5 Å². The number of carbonyl (C=O) groups excluding carboxylic acids is 1. The van der Waals surface area contributed by atoms with Gasteiger partial charge in [-0.2, -0.15) is 0 Å². The van der Waals surface area contributed by atoms with Crippen LogP contribution in [0.2, 0.25) is 0 Å². The Hall–Kier alpha value is -2.08. The molecule has 1 heterocycles. The molecule has 1 aromatic carbocycles. The number of rotatable bonds is 6. The van der Waals surface area contributed by atoms with Crippen molar-refractivity contribution < 1.29 is 19.4 Å². The first-order valence-electron chi connectivity index (χ1n) is 8.02. The summed E-state index contributed by atoms with van der Waals surface area (Å²) < 4.78 is 5.49. The number of hydrogen-bond donors (Lipinski definition) is 2. The zero-order chi connectivity index (χ0) is 16.7. The zero-order valence-corrected chi connectivity index (χ0v) is 13.5. The second-order valence-electron chi connectivity index (χ2n) is 5.82. The van der Waals surface area contributed by atoms with Gasteiger partial charge in [0.25, 0.3) is 0 Å². The largest absolute Gasteiger partial charge is 0.492 e. The molecule has 2 rings (SSSR count). The average Bonchev–Trinajstić information content (AvgIpc) is 2.76. The number of carboxylic acids is 1. The molecule has 0 aromatic heterocycles. The lowest BCUT2D eigenvalue weighted by Crippen LogP contribution is -2.45. The number of nitrogens with zero attached hydrogens (tertiary/aromatic N) is 1. The van der Waals surface area contributed by atoms with E-state index in [1.165, 1.54) is 18.6 Å². The summed E-state index contributed by atoms with van der Waals surface area (Å²) >= 11 is 0. The lowest BCUT2D eigenvalue weighted by molar-refractivity contribution is -0.126. The Balaban J connectivity index is 1.75. The van der Waals surface area contributed by atoms with Crippen LogP contribution in [0.3, 0.4) is 0 Å². The summed E-state index contributed by atoms with van der Waals surface area (Å²) in [5.74, 6) is -0.455. The van der Waals surface area contributed by atoms with E-state index in [9.17, 15) is 9.59 Å². The van der Waals surface area contributed by atoms with Gasteiger partial charge in [-0.3, -0.25) is 9.69 Å². The molecule has 1 aromatic rings. The molecule has 1 aliphatic heterocycles. The van der Waals surface area contributed by atoms with E-state index in [1.807, 2.05) is 7.05 Å². The van der Waals surface area contributed by atoms with Crippen LogP contribution in [0, 0.1) is 0 Å². The van der Waals surface area contributed by atoms with Gasteiger partial charge >= 0.3 is 5.97 Å². The Bertz CT molecular complexity index is 547. The minimum atomic E-state index is -0.986. The van der Waals surface area contributed by atoms with Crippen molar-refractivity contribution in [1.29, 1.82) is 0 Å². The Labute approximate surface area is 136 Å². The number of carbonyl (C=O) groups is 2. The van der Waals surface area contributed by atoms with Crippen molar-refractivity contribution in [2.24, 2.45) is 0 Å². The summed E-state index contributed by atoms with van der Waals surface area (Å²) in [4.78, 5) is 25.2. The van der Waals surface area contributed by atoms with Crippen molar-refractivity contribution in [3.8, 4) is 5.75 Å². The molecule has 126 valence electrons. The van der Waals surface area contributed by atoms with Crippen molar-refractivity contribution in [2.75, 3.05) is 26.7 Å². The molecule has 1 fully saturated rings. The number of hydrogen-bond acceptors (Lipinski definition) is 4. The zero-order valence-electron chi connectivity index (χ0n) is 13.5. The molecular weight excluding hydrogens is 296 g/mol. The fourth-order valence-electron chi connectivity index (χ4n) is 2.76. The molecule has 6 heteroatoms. The Morgan fingerprint density at radius 3 is 2.96 bits per heavy atom. The van der Waals surface area contributed by atoms with Gasteiger partial charge in [0.15, 0.2) is 0 Å². The van der Waals surface area contributed by atoms with Gasteiger partial charge in [0, 0.05) is 0 Å². The SMILES string of the molecule is CN1CCCCC[C@H]1C(=O)NCCOc1cccc(C(=O)O)c1. The molecule has 0 radical (unpaired) electrons. The molecule has 0 bridgehead atoms. The standard InChI is InChI=1S/C17H24N2O4/c1-19-10-4-2-3-8-15(19)16(20)18-9-11-23-14-7-5-6-13(12-14)17(21)22/h5-7,12,15H,2-4,8-11H2,1H3,(H,18,20)(H,21,22)/t15-/m0/s1. The third-order valence-electron chi connectivity index (χ3n) is 4.07. The predicted octanol–water partition coefficient (Wildman–Crippen LogP) is 1.75. The van der Waals surface area contributed by atoms with E-state index >= 15 is 0 Å². The summed E-state index contributed by atoms with van der Waals surface area (Å²) in [6.45, 7) is 1.67. The number of aromatic carboxylic acids is 1. The second kappa shape index (κ2) is 8.53. The van der Waals surface area contributed by atoms with Gasteiger partial charge in [0.05, 0.1) is 18.2 Å². The third-order valence-corrected chi connectivity index (χ3v) is 4.07. The Morgan fingerprint density at radius 1 is 1.35 bits per heavy atom. The summed E-state index contributed by atoms with van der Waals surface area (Å²) in [6.07, 6.45) is 4.30. The Morgan fingerprint density at radius 2 is 2.17 bits per heavy atom. The monoisotopic (exact) mass is 320 g/mol. The highest BCUT2D eigenvalue weighted by molar-refractivity contribution is 5.88. The van der Waals surface area contributed by atoms with Crippen molar-refractivity contribution >= 4 is 11.9 Å². The van der Waals surface area contributed by atoms with Crippen LogP contribution >= 0.6 is 0 Å². The second-order valence-corrected chi connectivity index (χ2v) is 5.82. The van der Waals surface area contributed by atoms with Crippen LogP contribution in [0.15, 0.2) is 24.3 Å². The first-order valence-corrected chi connectivity index (χ1v) is 8.02. The van der Waals surface area contributed by atoms with Crippen LogP contribution in [0.5, 0.6) is 5.75 Å². The quantitative estimate of drug-likeness (QED) is 0.781. The van der Waals surface area contributed by atoms with E-state index < -0.39 is 5.97 Å².